The van der Waals surface area contributed by atoms with E-state index < -0.39 is 18.1 Å². The molecule has 0 bridgehead atoms. The van der Waals surface area contributed by atoms with E-state index in [-0.39, 0.29) is 5.91 Å². The van der Waals surface area contributed by atoms with Gasteiger partial charge in [-0.1, -0.05) is 13.3 Å². The Kier molecular flexibility index (Phi) is 4.55. The number of nitrogens with one attached hydrogen (secondary N) is 1. The molecule has 5 nitrogen and oxygen atoms in total. The first-order valence-corrected chi connectivity index (χ1v) is 5.30. The van der Waals surface area contributed by atoms with Crippen molar-refractivity contribution < 1.29 is 19.4 Å². The standard InChI is InChI=1S/C10H17NO4/c1-2-4-7(10(13)14)11-9(12)8-5-3-6-15-8/h7-8H,2-6H2,1H3,(H,11,12)(H,13,14)/t7-,8+/m0/s1. The van der Waals surface area contributed by atoms with Crippen molar-refractivity contribution >= 4 is 11.9 Å². The van der Waals surface area contributed by atoms with Gasteiger partial charge in [0.2, 0.25) is 5.91 Å². The predicted molar refractivity (Wildman–Crippen MR) is 53.4 cm³/mol. The van der Waals surface area contributed by atoms with Gasteiger partial charge in [0.1, 0.15) is 12.1 Å². The zero-order chi connectivity index (χ0) is 11.3. The lowest BCUT2D eigenvalue weighted by atomic mass is 10.1. The van der Waals surface area contributed by atoms with E-state index in [9.17, 15) is 9.59 Å². The van der Waals surface area contributed by atoms with Crippen molar-refractivity contribution in [1.29, 1.82) is 0 Å². The fraction of sp³-hybridized carbons (Fsp3) is 0.800. The molecule has 0 aliphatic carbocycles. The molecule has 1 aliphatic heterocycles. The monoisotopic (exact) mass is 215 g/mol. The van der Waals surface area contributed by atoms with E-state index in [4.69, 9.17) is 9.84 Å². The zero-order valence-corrected chi connectivity index (χ0v) is 8.86. The summed E-state index contributed by atoms with van der Waals surface area (Å²) in [6, 6.07) is -0.785. The van der Waals surface area contributed by atoms with Gasteiger partial charge in [-0.3, -0.25) is 4.79 Å². The Balaban J connectivity index is 2.42. The molecule has 15 heavy (non-hydrogen) atoms. The second-order valence-electron chi connectivity index (χ2n) is 3.69. The van der Waals surface area contributed by atoms with Crippen LogP contribution in [0.25, 0.3) is 0 Å². The molecule has 0 saturated carbocycles. The predicted octanol–water partition coefficient (Wildman–Crippen LogP) is 0.535. The van der Waals surface area contributed by atoms with Crippen LogP contribution in [0.3, 0.4) is 0 Å². The summed E-state index contributed by atoms with van der Waals surface area (Å²) in [4.78, 5) is 22.3. The van der Waals surface area contributed by atoms with Crippen LogP contribution >= 0.6 is 0 Å². The molecule has 0 aromatic carbocycles. The molecule has 1 fully saturated rings. The average molecular weight is 215 g/mol. The van der Waals surface area contributed by atoms with Crippen molar-refractivity contribution in [3.63, 3.8) is 0 Å². The summed E-state index contributed by atoms with van der Waals surface area (Å²) in [7, 11) is 0. The van der Waals surface area contributed by atoms with Gasteiger partial charge in [-0.25, -0.2) is 4.79 Å². The number of hydrogen-bond acceptors (Lipinski definition) is 3. The molecule has 1 heterocycles. The quantitative estimate of drug-likeness (QED) is 0.701. The minimum Gasteiger partial charge on any atom is -0.480 e. The maximum atomic E-state index is 11.5. The average Bonchev–Trinajstić information content (AvgIpc) is 2.69. The van der Waals surface area contributed by atoms with E-state index in [0.717, 1.165) is 12.8 Å². The highest BCUT2D eigenvalue weighted by atomic mass is 16.5. The number of carboxylic acids is 1. The minimum atomic E-state index is -0.983. The lowest BCUT2D eigenvalue weighted by Crippen LogP contribution is -2.45. The molecule has 0 aromatic rings. The Morgan fingerprint density at radius 2 is 2.33 bits per heavy atom. The van der Waals surface area contributed by atoms with Gasteiger partial charge in [0, 0.05) is 6.61 Å². The van der Waals surface area contributed by atoms with Gasteiger partial charge in [0.15, 0.2) is 0 Å². The van der Waals surface area contributed by atoms with Gasteiger partial charge in [-0.15, -0.1) is 0 Å². The van der Waals surface area contributed by atoms with Gasteiger partial charge in [-0.05, 0) is 19.3 Å². The van der Waals surface area contributed by atoms with Gasteiger partial charge >= 0.3 is 5.97 Å². The number of aliphatic carboxylic acids is 1. The van der Waals surface area contributed by atoms with Crippen molar-refractivity contribution in [1.82, 2.24) is 5.32 Å². The zero-order valence-electron chi connectivity index (χ0n) is 8.86. The third-order valence-electron chi connectivity index (χ3n) is 2.41. The topological polar surface area (TPSA) is 75.6 Å². The van der Waals surface area contributed by atoms with Crippen molar-refractivity contribution in [3.8, 4) is 0 Å². The third-order valence-corrected chi connectivity index (χ3v) is 2.41. The Bertz CT molecular complexity index is 236. The Morgan fingerprint density at radius 3 is 2.80 bits per heavy atom. The number of carboxylic acid groups (broad SMARTS) is 1. The van der Waals surface area contributed by atoms with Crippen LogP contribution in [0, 0.1) is 0 Å². The van der Waals surface area contributed by atoms with Crippen LogP contribution in [0.5, 0.6) is 0 Å². The van der Waals surface area contributed by atoms with E-state index in [0.29, 0.717) is 19.4 Å². The van der Waals surface area contributed by atoms with Crippen LogP contribution in [-0.2, 0) is 14.3 Å². The smallest absolute Gasteiger partial charge is 0.326 e. The maximum absolute atomic E-state index is 11.5. The summed E-state index contributed by atoms with van der Waals surface area (Å²) in [5.74, 6) is -1.28. The summed E-state index contributed by atoms with van der Waals surface area (Å²) >= 11 is 0. The van der Waals surface area contributed by atoms with Crippen molar-refractivity contribution in [2.45, 2.75) is 44.8 Å². The summed E-state index contributed by atoms with van der Waals surface area (Å²) in [5.41, 5.74) is 0. The Morgan fingerprint density at radius 1 is 1.60 bits per heavy atom. The first-order valence-electron chi connectivity index (χ1n) is 5.30. The lowest BCUT2D eigenvalue weighted by Gasteiger charge is -2.16. The van der Waals surface area contributed by atoms with Gasteiger partial charge in [-0.2, -0.15) is 0 Å². The Labute approximate surface area is 88.8 Å². The van der Waals surface area contributed by atoms with Gasteiger partial charge in [0.25, 0.3) is 0 Å². The van der Waals surface area contributed by atoms with Crippen LogP contribution in [-0.4, -0.2) is 35.7 Å². The second-order valence-corrected chi connectivity index (χ2v) is 3.69. The molecule has 0 spiro atoms. The molecule has 1 rings (SSSR count). The fourth-order valence-corrected chi connectivity index (χ4v) is 1.60. The molecule has 1 amide bonds. The summed E-state index contributed by atoms with van der Waals surface area (Å²) in [5, 5.41) is 11.3. The molecule has 1 saturated heterocycles. The van der Waals surface area contributed by atoms with Crippen LogP contribution in [0.2, 0.25) is 0 Å². The first-order chi connectivity index (χ1) is 7.15. The SMILES string of the molecule is CCC[C@H](NC(=O)[C@H]1CCCO1)C(=O)O. The highest BCUT2D eigenvalue weighted by molar-refractivity contribution is 5.86. The highest BCUT2D eigenvalue weighted by Crippen LogP contribution is 2.12. The second kappa shape index (κ2) is 5.70. The Hall–Kier alpha value is -1.10. The number of ether oxygens (including phenoxy) is 1. The van der Waals surface area contributed by atoms with Gasteiger partial charge in [0.05, 0.1) is 0 Å². The van der Waals surface area contributed by atoms with Gasteiger partial charge < -0.3 is 15.2 Å². The van der Waals surface area contributed by atoms with Crippen LogP contribution < -0.4 is 5.32 Å². The summed E-state index contributed by atoms with van der Waals surface area (Å²) < 4.78 is 5.17. The minimum absolute atomic E-state index is 0.298. The molecule has 0 radical (unpaired) electrons. The van der Waals surface area contributed by atoms with Crippen LogP contribution in [0.1, 0.15) is 32.6 Å². The molecule has 86 valence electrons. The number of hydrogen-bond donors (Lipinski definition) is 2. The van der Waals surface area contributed by atoms with Crippen LogP contribution in [0.4, 0.5) is 0 Å². The van der Waals surface area contributed by atoms with E-state index in [2.05, 4.69) is 5.32 Å². The first kappa shape index (κ1) is 12.0. The molecule has 2 N–H and O–H groups in total. The van der Waals surface area contributed by atoms with E-state index in [1.807, 2.05) is 6.92 Å². The molecular formula is C10H17NO4. The molecule has 5 heteroatoms. The summed E-state index contributed by atoms with van der Waals surface area (Å²) in [6.07, 6.45) is 2.27. The van der Waals surface area contributed by atoms with Crippen molar-refractivity contribution in [2.24, 2.45) is 0 Å². The molecule has 0 unspecified atom stereocenters. The van der Waals surface area contributed by atoms with Crippen molar-refractivity contribution in [3.05, 3.63) is 0 Å². The number of carbonyl (C=O) groups is 2. The van der Waals surface area contributed by atoms with E-state index >= 15 is 0 Å². The molecule has 2 atom stereocenters. The van der Waals surface area contributed by atoms with Crippen molar-refractivity contribution in [2.75, 3.05) is 6.61 Å². The third kappa shape index (κ3) is 3.51. The highest BCUT2D eigenvalue weighted by Gasteiger charge is 2.27. The number of rotatable bonds is 5. The van der Waals surface area contributed by atoms with E-state index in [1.54, 1.807) is 0 Å². The largest absolute Gasteiger partial charge is 0.480 e. The molecular weight excluding hydrogens is 198 g/mol. The van der Waals surface area contributed by atoms with E-state index in [1.165, 1.54) is 0 Å². The lowest BCUT2D eigenvalue weighted by molar-refractivity contribution is -0.143. The fourth-order valence-electron chi connectivity index (χ4n) is 1.60. The number of amides is 1. The van der Waals surface area contributed by atoms with Crippen LogP contribution in [0.15, 0.2) is 0 Å². The number of carbonyl (C=O) groups excluding carboxylic acids is 1. The molecule has 1 aliphatic rings. The molecule has 0 aromatic heterocycles. The summed E-state index contributed by atoms with van der Waals surface area (Å²) in [6.45, 7) is 2.47. The normalized spacial score (nSPS) is 22.3. The maximum Gasteiger partial charge on any atom is 0.326 e.